The zero-order chi connectivity index (χ0) is 11.4. The molecule has 0 saturated carbocycles. The minimum absolute atomic E-state index is 0.251. The highest BCUT2D eigenvalue weighted by molar-refractivity contribution is 5.92. The Morgan fingerprint density at radius 2 is 2.38 bits per heavy atom. The van der Waals surface area contributed by atoms with E-state index >= 15 is 0 Å². The molecule has 1 amide bonds. The largest absolute Gasteiger partial charge is 0.456 e. The highest BCUT2D eigenvalue weighted by Crippen LogP contribution is 2.05. The van der Waals surface area contributed by atoms with Crippen molar-refractivity contribution in [1.82, 2.24) is 10.4 Å². The van der Waals surface area contributed by atoms with E-state index in [4.69, 9.17) is 4.42 Å². The van der Waals surface area contributed by atoms with Gasteiger partial charge in [-0.05, 0) is 31.2 Å². The molecule has 0 fully saturated rings. The number of hydrogen-bond donors (Lipinski definition) is 2. The lowest BCUT2D eigenvalue weighted by atomic mass is 10.4. The van der Waals surface area contributed by atoms with Crippen LogP contribution in [-0.4, -0.2) is 17.1 Å². The molecule has 0 radical (unpaired) electrons. The van der Waals surface area contributed by atoms with Gasteiger partial charge < -0.3 is 9.40 Å². The number of amides is 1. The molecule has 5 heteroatoms. The number of nitrogens with zero attached hydrogens (tertiary/aromatic N) is 1. The third-order valence-corrected chi connectivity index (χ3v) is 1.96. The van der Waals surface area contributed by atoms with Gasteiger partial charge in [-0.2, -0.15) is 5.10 Å². The van der Waals surface area contributed by atoms with Crippen molar-refractivity contribution in [3.63, 3.8) is 0 Å². The van der Waals surface area contributed by atoms with Crippen LogP contribution in [-0.2, 0) is 0 Å². The molecular weight excluding hydrogens is 206 g/mol. The van der Waals surface area contributed by atoms with Crippen molar-refractivity contribution < 1.29 is 9.21 Å². The molecule has 2 aromatic heterocycles. The van der Waals surface area contributed by atoms with E-state index in [9.17, 15) is 4.79 Å². The van der Waals surface area contributed by atoms with Gasteiger partial charge in [-0.1, -0.05) is 0 Å². The molecule has 2 rings (SSSR count). The molecule has 2 N–H and O–H groups in total. The molecule has 2 heterocycles. The average molecular weight is 217 g/mol. The smallest absolute Gasteiger partial charge is 0.307 e. The molecule has 0 bridgehead atoms. The molecule has 0 aliphatic heterocycles. The van der Waals surface area contributed by atoms with Gasteiger partial charge in [0.1, 0.15) is 5.76 Å². The number of rotatable bonds is 3. The van der Waals surface area contributed by atoms with E-state index < -0.39 is 0 Å². The van der Waals surface area contributed by atoms with Crippen molar-refractivity contribution in [3.05, 3.63) is 47.7 Å². The average Bonchev–Trinajstić information content (AvgIpc) is 2.89. The van der Waals surface area contributed by atoms with Gasteiger partial charge in [0.05, 0.1) is 11.9 Å². The molecule has 16 heavy (non-hydrogen) atoms. The third kappa shape index (κ3) is 2.38. The van der Waals surface area contributed by atoms with Crippen LogP contribution < -0.4 is 5.43 Å². The fraction of sp³-hybridized carbons (Fsp3) is 0.0909. The Labute approximate surface area is 92.2 Å². The SMILES string of the molecule is Cc1ccc(C(=O)N/N=C\c2ccc[nH]2)o1. The fourth-order valence-electron chi connectivity index (χ4n) is 1.20. The van der Waals surface area contributed by atoms with E-state index in [-0.39, 0.29) is 11.7 Å². The maximum absolute atomic E-state index is 11.5. The standard InChI is InChI=1S/C11H11N3O2/c1-8-4-5-10(16-8)11(15)14-13-7-9-3-2-6-12-9/h2-7,12H,1H3,(H,14,15)/b13-7-. The minimum atomic E-state index is -0.365. The van der Waals surface area contributed by atoms with E-state index in [0.717, 1.165) is 5.69 Å². The van der Waals surface area contributed by atoms with E-state index in [2.05, 4.69) is 15.5 Å². The molecule has 2 aromatic rings. The molecule has 0 unspecified atom stereocenters. The number of aryl methyl sites for hydroxylation is 1. The lowest BCUT2D eigenvalue weighted by Crippen LogP contribution is -2.16. The summed E-state index contributed by atoms with van der Waals surface area (Å²) in [5, 5.41) is 3.78. The van der Waals surface area contributed by atoms with E-state index in [1.54, 1.807) is 25.3 Å². The van der Waals surface area contributed by atoms with Crippen LogP contribution in [0.1, 0.15) is 22.0 Å². The summed E-state index contributed by atoms with van der Waals surface area (Å²) in [5.74, 6) is 0.579. The highest BCUT2D eigenvalue weighted by atomic mass is 16.3. The Hall–Kier alpha value is -2.30. The Balaban J connectivity index is 1.94. The number of H-pyrrole nitrogens is 1. The van der Waals surface area contributed by atoms with Crippen molar-refractivity contribution >= 4 is 12.1 Å². The minimum Gasteiger partial charge on any atom is -0.456 e. The Morgan fingerprint density at radius 1 is 1.50 bits per heavy atom. The summed E-state index contributed by atoms with van der Waals surface area (Å²) < 4.78 is 5.14. The van der Waals surface area contributed by atoms with Crippen LogP contribution in [0.15, 0.2) is 40.0 Å². The van der Waals surface area contributed by atoms with Crippen LogP contribution in [0.25, 0.3) is 0 Å². The summed E-state index contributed by atoms with van der Waals surface area (Å²) in [7, 11) is 0. The van der Waals surface area contributed by atoms with Crippen molar-refractivity contribution in [2.24, 2.45) is 5.10 Å². The summed E-state index contributed by atoms with van der Waals surface area (Å²) >= 11 is 0. The van der Waals surface area contributed by atoms with Crippen molar-refractivity contribution in [3.8, 4) is 0 Å². The van der Waals surface area contributed by atoms with E-state index in [0.29, 0.717) is 5.76 Å². The second kappa shape index (κ2) is 4.48. The van der Waals surface area contributed by atoms with Crippen molar-refractivity contribution in [2.75, 3.05) is 0 Å². The van der Waals surface area contributed by atoms with Crippen LogP contribution in [0.4, 0.5) is 0 Å². The fourth-order valence-corrected chi connectivity index (χ4v) is 1.20. The molecule has 0 aromatic carbocycles. The summed E-state index contributed by atoms with van der Waals surface area (Å²) in [6.45, 7) is 1.78. The van der Waals surface area contributed by atoms with Crippen LogP contribution in [0, 0.1) is 6.92 Å². The van der Waals surface area contributed by atoms with Crippen LogP contribution >= 0.6 is 0 Å². The third-order valence-electron chi connectivity index (χ3n) is 1.96. The second-order valence-corrected chi connectivity index (χ2v) is 3.23. The Kier molecular flexibility index (Phi) is 2.86. The van der Waals surface area contributed by atoms with Gasteiger partial charge in [0.25, 0.3) is 0 Å². The molecule has 0 saturated heterocycles. The van der Waals surface area contributed by atoms with Gasteiger partial charge in [-0.3, -0.25) is 4.79 Å². The van der Waals surface area contributed by atoms with E-state index in [1.165, 1.54) is 6.21 Å². The summed E-state index contributed by atoms with van der Waals surface area (Å²) in [4.78, 5) is 14.4. The first-order valence-electron chi connectivity index (χ1n) is 4.79. The van der Waals surface area contributed by atoms with Gasteiger partial charge in [-0.15, -0.1) is 0 Å². The lowest BCUT2D eigenvalue weighted by Gasteiger charge is -1.94. The van der Waals surface area contributed by atoms with Crippen molar-refractivity contribution in [1.29, 1.82) is 0 Å². The molecule has 0 atom stereocenters. The molecule has 5 nitrogen and oxygen atoms in total. The van der Waals surface area contributed by atoms with Gasteiger partial charge in [0.15, 0.2) is 5.76 Å². The maximum atomic E-state index is 11.5. The molecule has 0 aliphatic rings. The monoisotopic (exact) mass is 217 g/mol. The zero-order valence-electron chi connectivity index (χ0n) is 8.73. The van der Waals surface area contributed by atoms with Gasteiger partial charge in [-0.25, -0.2) is 5.43 Å². The molecule has 0 aliphatic carbocycles. The number of furan rings is 1. The number of hydrazone groups is 1. The first kappa shape index (κ1) is 10.2. The van der Waals surface area contributed by atoms with Crippen LogP contribution in [0.5, 0.6) is 0 Å². The van der Waals surface area contributed by atoms with Gasteiger partial charge in [0, 0.05) is 6.20 Å². The predicted octanol–water partition coefficient (Wildman–Crippen LogP) is 1.68. The number of hydrogen-bond acceptors (Lipinski definition) is 3. The topological polar surface area (TPSA) is 70.4 Å². The van der Waals surface area contributed by atoms with Crippen LogP contribution in [0.2, 0.25) is 0 Å². The summed E-state index contributed by atoms with van der Waals surface area (Å²) in [5.41, 5.74) is 3.18. The van der Waals surface area contributed by atoms with Crippen molar-refractivity contribution in [2.45, 2.75) is 6.92 Å². The lowest BCUT2D eigenvalue weighted by molar-refractivity contribution is 0.0926. The summed E-state index contributed by atoms with van der Waals surface area (Å²) in [6.07, 6.45) is 3.30. The number of nitrogens with one attached hydrogen (secondary N) is 2. The molecule has 82 valence electrons. The number of carbonyl (C=O) groups is 1. The molecule has 0 spiro atoms. The maximum Gasteiger partial charge on any atom is 0.307 e. The first-order valence-corrected chi connectivity index (χ1v) is 4.79. The number of aromatic nitrogens is 1. The van der Waals surface area contributed by atoms with Gasteiger partial charge >= 0.3 is 5.91 Å². The normalized spacial score (nSPS) is 10.8. The quantitative estimate of drug-likeness (QED) is 0.606. The molecular formula is C11H11N3O2. The summed E-state index contributed by atoms with van der Waals surface area (Å²) in [6, 6.07) is 7.02. The predicted molar refractivity (Wildman–Crippen MR) is 59.3 cm³/mol. The first-order chi connectivity index (χ1) is 7.75. The second-order valence-electron chi connectivity index (χ2n) is 3.23. The van der Waals surface area contributed by atoms with Crippen LogP contribution in [0.3, 0.4) is 0 Å². The Morgan fingerprint density at radius 3 is 3.00 bits per heavy atom. The van der Waals surface area contributed by atoms with E-state index in [1.807, 2.05) is 12.1 Å². The Bertz CT molecular complexity index is 497. The van der Waals surface area contributed by atoms with Gasteiger partial charge in [0.2, 0.25) is 0 Å². The number of carbonyl (C=O) groups excluding carboxylic acids is 1. The number of aromatic amines is 1. The zero-order valence-corrected chi connectivity index (χ0v) is 8.73. The highest BCUT2D eigenvalue weighted by Gasteiger charge is 2.07.